The van der Waals surface area contributed by atoms with Gasteiger partial charge in [-0.2, -0.15) is 5.10 Å². The maximum Gasteiger partial charge on any atom is 0.348 e. The summed E-state index contributed by atoms with van der Waals surface area (Å²) in [6.45, 7) is 1.67. The molecule has 0 aromatic heterocycles. The summed E-state index contributed by atoms with van der Waals surface area (Å²) >= 11 is 1.16. The van der Waals surface area contributed by atoms with Crippen LogP contribution in [0, 0.1) is 0 Å². The van der Waals surface area contributed by atoms with Gasteiger partial charge in [-0.3, -0.25) is 14.5 Å². The van der Waals surface area contributed by atoms with Crippen molar-refractivity contribution in [3.8, 4) is 0 Å². The molecular weight excluding hydrogens is 554 g/mol. The Morgan fingerprint density at radius 2 is 1.55 bits per heavy atom. The van der Waals surface area contributed by atoms with Crippen LogP contribution in [0.3, 0.4) is 0 Å². The first-order valence-corrected chi connectivity index (χ1v) is 14.5. The molecule has 0 bridgehead atoms. The van der Waals surface area contributed by atoms with Gasteiger partial charge >= 0.3 is 12.0 Å². The van der Waals surface area contributed by atoms with E-state index in [-0.39, 0.29) is 25.4 Å². The smallest absolute Gasteiger partial charge is 0.348 e. The fourth-order valence-electron chi connectivity index (χ4n) is 5.50. The fraction of sp³-hybridized carbons (Fsp3) is 0.258. The number of nitrogens with one attached hydrogen (secondary N) is 1. The molecule has 3 fully saturated rings. The van der Waals surface area contributed by atoms with Gasteiger partial charge in [-0.25, -0.2) is 14.6 Å². The minimum Gasteiger partial charge on any atom is -0.450 e. The third kappa shape index (κ3) is 4.89. The minimum atomic E-state index is -1.74. The van der Waals surface area contributed by atoms with Gasteiger partial charge < -0.3 is 15.0 Å². The lowest BCUT2D eigenvalue weighted by molar-refractivity contribution is -0.161. The number of urea groups is 1. The van der Waals surface area contributed by atoms with E-state index in [4.69, 9.17) is 4.74 Å². The van der Waals surface area contributed by atoms with Gasteiger partial charge in [-0.1, -0.05) is 103 Å². The van der Waals surface area contributed by atoms with Crippen molar-refractivity contribution in [3.05, 3.63) is 108 Å². The number of β-lactam (4-membered cyclic amide) rings is 1. The lowest BCUT2D eigenvalue weighted by atomic mass is 10.0. The highest BCUT2D eigenvalue weighted by atomic mass is 32.2. The van der Waals surface area contributed by atoms with Gasteiger partial charge in [0, 0.05) is 13.5 Å². The lowest BCUT2D eigenvalue weighted by Crippen LogP contribution is -2.69. The molecule has 42 heavy (non-hydrogen) atoms. The van der Waals surface area contributed by atoms with Gasteiger partial charge in [0.15, 0.2) is 6.10 Å². The molecule has 4 amide bonds. The zero-order chi connectivity index (χ0) is 29.3. The van der Waals surface area contributed by atoms with Crippen molar-refractivity contribution in [2.75, 3.05) is 13.1 Å². The molecule has 3 aliphatic rings. The maximum absolute atomic E-state index is 14.6. The van der Waals surface area contributed by atoms with Crippen LogP contribution in [0.2, 0.25) is 0 Å². The average Bonchev–Trinajstić information content (AvgIpc) is 3.49. The van der Waals surface area contributed by atoms with Crippen molar-refractivity contribution in [1.82, 2.24) is 20.1 Å². The molecule has 1 unspecified atom stereocenters. The number of hydrazone groups is 1. The van der Waals surface area contributed by atoms with Crippen molar-refractivity contribution in [3.63, 3.8) is 0 Å². The zero-order valence-corrected chi connectivity index (χ0v) is 23.6. The van der Waals surface area contributed by atoms with E-state index in [0.717, 1.165) is 28.5 Å². The van der Waals surface area contributed by atoms with Crippen LogP contribution in [0.5, 0.6) is 0 Å². The second kappa shape index (κ2) is 11.3. The molecule has 0 spiro atoms. The first-order chi connectivity index (χ1) is 20.4. The Bertz CT molecular complexity index is 1480. The van der Waals surface area contributed by atoms with Gasteiger partial charge in [0.2, 0.25) is 16.7 Å². The highest BCUT2D eigenvalue weighted by molar-refractivity contribution is 8.02. The molecule has 0 saturated carbocycles. The Kier molecular flexibility index (Phi) is 7.42. The number of nitrogens with zero attached hydrogens (tertiary/aromatic N) is 4. The van der Waals surface area contributed by atoms with Crippen LogP contribution in [0.4, 0.5) is 4.79 Å². The molecular formula is C31H29N5O5S. The first-order valence-electron chi connectivity index (χ1n) is 13.6. The Morgan fingerprint density at radius 1 is 0.952 bits per heavy atom. The molecule has 3 heterocycles. The first kappa shape index (κ1) is 27.5. The van der Waals surface area contributed by atoms with Crippen LogP contribution in [0.25, 0.3) is 0 Å². The number of hydrogen-bond acceptors (Lipinski definition) is 7. The number of thioether (sulfide) groups is 1. The molecule has 3 aromatic rings. The number of amides is 4. The number of carbonyl (C=O) groups excluding carboxylic acids is 4. The summed E-state index contributed by atoms with van der Waals surface area (Å²) in [4.78, 5) is 54.8. The molecule has 1 N–H and O–H groups in total. The summed E-state index contributed by atoms with van der Waals surface area (Å²) in [6.07, 6.45) is -0.136. The van der Waals surface area contributed by atoms with E-state index in [1.807, 2.05) is 91.0 Å². The third-order valence-corrected chi connectivity index (χ3v) is 9.14. The quantitative estimate of drug-likeness (QED) is 0.247. The van der Waals surface area contributed by atoms with Crippen LogP contribution < -0.4 is 5.32 Å². The predicted molar refractivity (Wildman–Crippen MR) is 157 cm³/mol. The monoisotopic (exact) mass is 583 g/mol. The van der Waals surface area contributed by atoms with Crippen molar-refractivity contribution < 1.29 is 23.9 Å². The van der Waals surface area contributed by atoms with E-state index in [9.17, 15) is 19.2 Å². The molecule has 3 saturated heterocycles. The number of rotatable bonds is 8. The summed E-state index contributed by atoms with van der Waals surface area (Å²) in [5.41, 5.74) is 2.30. The van der Waals surface area contributed by atoms with Crippen LogP contribution in [-0.2, 0) is 19.1 Å². The SMILES string of the molecule is CC(=O)NC1N2C(=O)C[C@H]2S[C@]1(C(=O)OC(c1ccccc1)c1ccccc1)N1CCN(N=Cc2ccccc2)C1=O. The number of carbonyl (C=O) groups is 4. The van der Waals surface area contributed by atoms with Crippen LogP contribution in [0.1, 0.15) is 36.1 Å². The molecule has 6 rings (SSSR count). The maximum atomic E-state index is 14.6. The summed E-state index contributed by atoms with van der Waals surface area (Å²) < 4.78 is 6.31. The van der Waals surface area contributed by atoms with Gasteiger partial charge in [-0.05, 0) is 16.7 Å². The van der Waals surface area contributed by atoms with E-state index in [2.05, 4.69) is 10.4 Å². The summed E-state index contributed by atoms with van der Waals surface area (Å²) in [5.74, 6) is -1.38. The number of fused-ring (bicyclic) bond motifs is 1. The fourth-order valence-corrected chi connectivity index (χ4v) is 7.24. The number of esters is 1. The van der Waals surface area contributed by atoms with Crippen molar-refractivity contribution in [2.45, 2.75) is 35.9 Å². The Morgan fingerprint density at radius 3 is 2.12 bits per heavy atom. The molecule has 3 aromatic carbocycles. The molecule has 0 aliphatic carbocycles. The largest absolute Gasteiger partial charge is 0.450 e. The topological polar surface area (TPSA) is 112 Å². The van der Waals surface area contributed by atoms with E-state index in [1.165, 1.54) is 21.7 Å². The van der Waals surface area contributed by atoms with Crippen LogP contribution in [0.15, 0.2) is 96.1 Å². The highest BCUT2D eigenvalue weighted by Crippen LogP contribution is 2.54. The minimum absolute atomic E-state index is 0.138. The van der Waals surface area contributed by atoms with Crippen molar-refractivity contribution in [1.29, 1.82) is 0 Å². The number of ether oxygens (including phenoxy) is 1. The summed E-state index contributed by atoms with van der Waals surface area (Å²) in [7, 11) is 0. The third-order valence-electron chi connectivity index (χ3n) is 7.51. The van der Waals surface area contributed by atoms with E-state index in [0.29, 0.717) is 0 Å². The summed E-state index contributed by atoms with van der Waals surface area (Å²) in [6, 6.07) is 27.5. The van der Waals surface area contributed by atoms with Gasteiger partial charge in [0.1, 0.15) is 6.17 Å². The molecule has 10 nitrogen and oxygen atoms in total. The Labute approximate surface area is 247 Å². The van der Waals surface area contributed by atoms with Crippen LogP contribution >= 0.6 is 11.8 Å². The Balaban J connectivity index is 1.39. The van der Waals surface area contributed by atoms with E-state index in [1.54, 1.807) is 6.21 Å². The van der Waals surface area contributed by atoms with Gasteiger partial charge in [0.05, 0.1) is 24.6 Å². The zero-order valence-electron chi connectivity index (χ0n) is 22.8. The lowest BCUT2D eigenvalue weighted by Gasteiger charge is -2.42. The number of benzene rings is 3. The molecule has 0 radical (unpaired) electrons. The second-order valence-electron chi connectivity index (χ2n) is 10.2. The summed E-state index contributed by atoms with van der Waals surface area (Å²) in [5, 5.41) is 8.07. The molecule has 3 atom stereocenters. The van der Waals surface area contributed by atoms with E-state index >= 15 is 0 Å². The van der Waals surface area contributed by atoms with Gasteiger partial charge in [-0.15, -0.1) is 0 Å². The molecule has 11 heteroatoms. The second-order valence-corrected chi connectivity index (χ2v) is 11.6. The average molecular weight is 584 g/mol. The van der Waals surface area contributed by atoms with Crippen molar-refractivity contribution in [2.24, 2.45) is 5.10 Å². The van der Waals surface area contributed by atoms with Crippen molar-refractivity contribution >= 4 is 41.8 Å². The number of hydrogen-bond donors (Lipinski definition) is 1. The Hall–Kier alpha value is -4.64. The molecule has 3 aliphatic heterocycles. The van der Waals surface area contributed by atoms with E-state index < -0.39 is 40.4 Å². The standard InChI is InChI=1S/C31H29N5O5S/c1-21(37)33-28-31(42-26-19-25(38)36(26)28,34-17-18-35(30(34)40)32-20-22-11-5-2-6-12-22)29(39)41-27(23-13-7-3-8-14-23)24-15-9-4-10-16-24/h2-16,20,26-28H,17-19H2,1H3,(H,33,37)/t26-,28?,31-/m1/s1. The van der Waals surface area contributed by atoms with Crippen LogP contribution in [-0.4, -0.2) is 74.3 Å². The van der Waals surface area contributed by atoms with Gasteiger partial charge in [0.25, 0.3) is 0 Å². The normalized spacial score (nSPS) is 23.3. The molecule has 214 valence electrons. The predicted octanol–water partition coefficient (Wildman–Crippen LogP) is 3.55. The highest BCUT2D eigenvalue weighted by Gasteiger charge is 2.69.